The Labute approximate surface area is 147 Å². The second kappa shape index (κ2) is 7.73. The van der Waals surface area contributed by atoms with Crippen LogP contribution in [0, 0.1) is 0 Å². The van der Waals surface area contributed by atoms with Crippen LogP contribution in [0.4, 0.5) is 11.4 Å². The first kappa shape index (κ1) is 16.9. The van der Waals surface area contributed by atoms with Crippen molar-refractivity contribution in [3.05, 3.63) is 48.5 Å². The Hall–Kier alpha value is -1.98. The van der Waals surface area contributed by atoms with Crippen molar-refractivity contribution in [3.8, 4) is 0 Å². The van der Waals surface area contributed by atoms with E-state index in [9.17, 15) is 4.79 Å². The van der Waals surface area contributed by atoms with Gasteiger partial charge in [-0.1, -0.05) is 36.0 Å². The lowest BCUT2D eigenvalue weighted by Crippen LogP contribution is -2.37. The Balaban J connectivity index is 1.74. The normalized spacial score (nSPS) is 13.8. The van der Waals surface area contributed by atoms with Gasteiger partial charge >= 0.3 is 0 Å². The highest BCUT2D eigenvalue weighted by Gasteiger charge is 2.23. The van der Waals surface area contributed by atoms with Gasteiger partial charge in [0.2, 0.25) is 5.91 Å². The summed E-state index contributed by atoms with van der Waals surface area (Å²) in [6.45, 7) is 3.13. The second-order valence-corrected chi connectivity index (χ2v) is 6.95. The van der Waals surface area contributed by atoms with Gasteiger partial charge in [-0.25, -0.2) is 0 Å². The van der Waals surface area contributed by atoms with Gasteiger partial charge in [0.15, 0.2) is 0 Å². The summed E-state index contributed by atoms with van der Waals surface area (Å²) in [5, 5.41) is 2.97. The maximum Gasteiger partial charge on any atom is 0.222 e. The van der Waals surface area contributed by atoms with Gasteiger partial charge in [0.05, 0.1) is 18.0 Å². The molecule has 1 aliphatic heterocycles. The van der Waals surface area contributed by atoms with Crippen molar-refractivity contribution in [2.45, 2.75) is 29.2 Å². The van der Waals surface area contributed by atoms with Gasteiger partial charge in [-0.3, -0.25) is 4.79 Å². The molecule has 0 bridgehead atoms. The third kappa shape index (κ3) is 3.74. The van der Waals surface area contributed by atoms with E-state index in [1.54, 1.807) is 18.9 Å². The van der Waals surface area contributed by atoms with Gasteiger partial charge in [0.1, 0.15) is 0 Å². The van der Waals surface area contributed by atoms with Crippen LogP contribution in [0.1, 0.15) is 13.3 Å². The molecule has 0 saturated heterocycles. The molecule has 5 heteroatoms. The molecule has 0 saturated carbocycles. The molecular formula is C19H22N2O2S. The molecule has 1 aliphatic rings. The van der Waals surface area contributed by atoms with Crippen molar-refractivity contribution in [1.82, 2.24) is 5.32 Å². The van der Waals surface area contributed by atoms with E-state index in [2.05, 4.69) is 46.6 Å². The Morgan fingerprint density at radius 1 is 1.12 bits per heavy atom. The van der Waals surface area contributed by atoms with Crippen molar-refractivity contribution in [2.75, 3.05) is 25.2 Å². The summed E-state index contributed by atoms with van der Waals surface area (Å²) in [7, 11) is 1.64. The van der Waals surface area contributed by atoms with Crippen LogP contribution in [0.25, 0.3) is 0 Å². The minimum atomic E-state index is 0.0268. The Morgan fingerprint density at radius 3 is 2.29 bits per heavy atom. The van der Waals surface area contributed by atoms with E-state index in [-0.39, 0.29) is 11.9 Å². The molecule has 4 nitrogen and oxygen atoms in total. The largest absolute Gasteiger partial charge is 0.383 e. The number of fused-ring (bicyclic) bond motifs is 2. The van der Waals surface area contributed by atoms with E-state index in [4.69, 9.17) is 4.74 Å². The molecule has 1 N–H and O–H groups in total. The minimum absolute atomic E-state index is 0.0268. The van der Waals surface area contributed by atoms with Gasteiger partial charge < -0.3 is 15.0 Å². The maximum atomic E-state index is 12.2. The maximum absolute atomic E-state index is 12.2. The van der Waals surface area contributed by atoms with Gasteiger partial charge in [-0.15, -0.1) is 0 Å². The van der Waals surface area contributed by atoms with Gasteiger partial charge in [-0.2, -0.15) is 0 Å². The number of carbonyl (C=O) groups excluding carboxylic acids is 1. The minimum Gasteiger partial charge on any atom is -0.383 e. The van der Waals surface area contributed by atoms with Gasteiger partial charge in [0, 0.05) is 35.9 Å². The molecule has 0 spiro atoms. The lowest BCUT2D eigenvalue weighted by atomic mass is 10.2. The molecule has 2 aromatic rings. The average molecular weight is 342 g/mol. The summed E-state index contributed by atoms with van der Waals surface area (Å²) in [4.78, 5) is 16.9. The summed E-state index contributed by atoms with van der Waals surface area (Å²) in [5.41, 5.74) is 2.33. The van der Waals surface area contributed by atoms with Crippen molar-refractivity contribution < 1.29 is 9.53 Å². The molecule has 0 aliphatic carbocycles. The number of benzene rings is 2. The number of amides is 1. The van der Waals surface area contributed by atoms with Crippen molar-refractivity contribution >= 4 is 29.0 Å². The Bertz CT molecular complexity index is 675. The summed E-state index contributed by atoms with van der Waals surface area (Å²) in [6, 6.07) is 16.7. The van der Waals surface area contributed by atoms with E-state index in [1.165, 1.54) is 21.2 Å². The Morgan fingerprint density at radius 2 is 1.71 bits per heavy atom. The average Bonchev–Trinajstić information content (AvgIpc) is 2.58. The smallest absolute Gasteiger partial charge is 0.222 e. The quantitative estimate of drug-likeness (QED) is 0.866. The molecule has 1 heterocycles. The molecule has 126 valence electrons. The first-order valence-electron chi connectivity index (χ1n) is 8.11. The first-order valence-corrected chi connectivity index (χ1v) is 8.92. The SMILES string of the molecule is COCC(C)NC(=O)CCN1c2ccccc2Sc2ccccc21. The monoisotopic (exact) mass is 342 g/mol. The molecular weight excluding hydrogens is 320 g/mol. The van der Waals surface area contributed by atoms with Crippen LogP contribution in [0.3, 0.4) is 0 Å². The first-order chi connectivity index (χ1) is 11.7. The number of methoxy groups -OCH3 is 1. The second-order valence-electron chi connectivity index (χ2n) is 5.86. The highest BCUT2D eigenvalue weighted by molar-refractivity contribution is 7.99. The highest BCUT2D eigenvalue weighted by atomic mass is 32.2. The standard InChI is InChI=1S/C19H22N2O2S/c1-14(13-23-2)20-19(22)11-12-21-15-7-3-5-9-17(15)24-18-10-6-4-8-16(18)21/h3-10,14H,11-13H2,1-2H3,(H,20,22). The van der Waals surface area contributed by atoms with Crippen LogP contribution in [0.15, 0.2) is 58.3 Å². The van der Waals surface area contributed by atoms with Gasteiger partial charge in [-0.05, 0) is 31.2 Å². The van der Waals surface area contributed by atoms with Crippen LogP contribution in [0.2, 0.25) is 0 Å². The highest BCUT2D eigenvalue weighted by Crippen LogP contribution is 2.47. The number of anilines is 2. The summed E-state index contributed by atoms with van der Waals surface area (Å²) < 4.78 is 5.06. The molecule has 1 atom stereocenters. The van der Waals surface area contributed by atoms with E-state index in [0.29, 0.717) is 19.6 Å². The lowest BCUT2D eigenvalue weighted by Gasteiger charge is -2.32. The molecule has 1 unspecified atom stereocenters. The molecule has 0 aromatic heterocycles. The fourth-order valence-corrected chi connectivity index (χ4v) is 3.97. The van der Waals surface area contributed by atoms with E-state index in [0.717, 1.165) is 0 Å². The van der Waals surface area contributed by atoms with Crippen molar-refractivity contribution in [3.63, 3.8) is 0 Å². The molecule has 0 fully saturated rings. The van der Waals surface area contributed by atoms with Crippen molar-refractivity contribution in [2.24, 2.45) is 0 Å². The number of para-hydroxylation sites is 2. The Kier molecular flexibility index (Phi) is 5.43. The third-order valence-electron chi connectivity index (χ3n) is 3.92. The van der Waals surface area contributed by atoms with Crippen molar-refractivity contribution in [1.29, 1.82) is 0 Å². The molecule has 1 amide bonds. The zero-order valence-corrected chi connectivity index (χ0v) is 14.8. The summed E-state index contributed by atoms with van der Waals surface area (Å²) in [6.07, 6.45) is 0.446. The van der Waals surface area contributed by atoms with Crippen LogP contribution in [0.5, 0.6) is 0 Å². The molecule has 3 rings (SSSR count). The van der Waals surface area contributed by atoms with Crippen LogP contribution >= 0.6 is 11.8 Å². The zero-order valence-electron chi connectivity index (χ0n) is 14.0. The number of ether oxygens (including phenoxy) is 1. The molecule has 2 aromatic carbocycles. The number of carbonyl (C=O) groups is 1. The number of hydrogen-bond donors (Lipinski definition) is 1. The van der Waals surface area contributed by atoms with E-state index < -0.39 is 0 Å². The number of nitrogens with zero attached hydrogens (tertiary/aromatic N) is 1. The van der Waals surface area contributed by atoms with E-state index >= 15 is 0 Å². The fraction of sp³-hybridized carbons (Fsp3) is 0.316. The zero-order chi connectivity index (χ0) is 16.9. The van der Waals surface area contributed by atoms with Crippen LogP contribution in [-0.4, -0.2) is 32.2 Å². The van der Waals surface area contributed by atoms with Crippen LogP contribution in [-0.2, 0) is 9.53 Å². The molecule has 0 radical (unpaired) electrons. The fourth-order valence-electron chi connectivity index (χ4n) is 2.87. The summed E-state index contributed by atoms with van der Waals surface area (Å²) in [5.74, 6) is 0.0488. The number of hydrogen-bond acceptors (Lipinski definition) is 4. The lowest BCUT2D eigenvalue weighted by molar-refractivity contribution is -0.121. The molecule has 24 heavy (non-hydrogen) atoms. The van der Waals surface area contributed by atoms with Crippen LogP contribution < -0.4 is 10.2 Å². The predicted octanol–water partition coefficient (Wildman–Crippen LogP) is 3.83. The topological polar surface area (TPSA) is 41.6 Å². The number of nitrogens with one attached hydrogen (secondary N) is 1. The summed E-state index contributed by atoms with van der Waals surface area (Å²) >= 11 is 1.78. The van der Waals surface area contributed by atoms with Gasteiger partial charge in [0.25, 0.3) is 0 Å². The number of rotatable bonds is 6. The van der Waals surface area contributed by atoms with E-state index in [1.807, 2.05) is 19.1 Å². The predicted molar refractivity (Wildman–Crippen MR) is 98.1 cm³/mol. The third-order valence-corrected chi connectivity index (χ3v) is 5.05.